The summed E-state index contributed by atoms with van der Waals surface area (Å²) >= 11 is 0. The van der Waals surface area contributed by atoms with Crippen molar-refractivity contribution in [3.63, 3.8) is 0 Å². The van der Waals surface area contributed by atoms with Gasteiger partial charge >= 0.3 is 0 Å². The molecular weight excluding hydrogens is 381 g/mol. The summed E-state index contributed by atoms with van der Waals surface area (Å²) in [5, 5.41) is 2.96. The fourth-order valence-corrected chi connectivity index (χ4v) is 3.27. The monoisotopic (exact) mass is 409 g/mol. The number of anilines is 2. The third-order valence-corrected chi connectivity index (χ3v) is 4.69. The number of halogens is 2. The fraction of sp³-hybridized carbons (Fsp3) is 0.381. The predicted molar refractivity (Wildman–Crippen MR) is 118 cm³/mol. The highest BCUT2D eigenvalue weighted by molar-refractivity contribution is 5.92. The molecule has 27 heavy (non-hydrogen) atoms. The lowest BCUT2D eigenvalue weighted by Crippen LogP contribution is -2.23. The van der Waals surface area contributed by atoms with E-state index in [-0.39, 0.29) is 30.7 Å². The van der Waals surface area contributed by atoms with Crippen molar-refractivity contribution in [1.29, 1.82) is 0 Å². The molecule has 0 bridgehead atoms. The molecule has 0 spiro atoms. The third kappa shape index (κ3) is 7.79. The second-order valence-electron chi connectivity index (χ2n) is 6.85. The number of nitrogens with one attached hydrogen (secondary N) is 1. The molecule has 0 aliphatic carbocycles. The minimum atomic E-state index is -0.00922. The molecule has 3 N–H and O–H groups in total. The Balaban J connectivity index is 0.00000182. The van der Waals surface area contributed by atoms with Gasteiger partial charge in [0.1, 0.15) is 0 Å². The number of nitrogens with zero attached hydrogens (tertiary/aromatic N) is 1. The summed E-state index contributed by atoms with van der Waals surface area (Å²) in [5.74, 6) is -0.00922. The smallest absolute Gasteiger partial charge is 0.228 e. The molecule has 3 rings (SSSR count). The maximum absolute atomic E-state index is 12.2. The van der Waals surface area contributed by atoms with Crippen LogP contribution in [0.5, 0.6) is 0 Å². The van der Waals surface area contributed by atoms with Gasteiger partial charge in [0.2, 0.25) is 5.91 Å². The maximum Gasteiger partial charge on any atom is 0.228 e. The zero-order chi connectivity index (χ0) is 17.5. The van der Waals surface area contributed by atoms with Crippen LogP contribution < -0.4 is 11.1 Å². The Morgan fingerprint density at radius 2 is 1.41 bits per heavy atom. The summed E-state index contributed by atoms with van der Waals surface area (Å²) in [6.45, 7) is 3.39. The van der Waals surface area contributed by atoms with Gasteiger partial charge in [0.15, 0.2) is 0 Å². The quantitative estimate of drug-likeness (QED) is 0.705. The highest BCUT2D eigenvalue weighted by Gasteiger charge is 2.10. The molecule has 1 heterocycles. The zero-order valence-corrected chi connectivity index (χ0v) is 17.2. The van der Waals surface area contributed by atoms with Gasteiger partial charge in [-0.05, 0) is 61.3 Å². The van der Waals surface area contributed by atoms with E-state index in [0.717, 1.165) is 17.8 Å². The number of rotatable bonds is 5. The highest BCUT2D eigenvalue weighted by Crippen LogP contribution is 2.16. The van der Waals surface area contributed by atoms with Crippen LogP contribution in [0.25, 0.3) is 0 Å². The molecule has 4 nitrogen and oxygen atoms in total. The van der Waals surface area contributed by atoms with Gasteiger partial charge in [0.25, 0.3) is 0 Å². The summed E-state index contributed by atoms with van der Waals surface area (Å²) in [7, 11) is 0. The number of carbonyl (C=O) groups is 1. The van der Waals surface area contributed by atoms with Gasteiger partial charge in [-0.3, -0.25) is 9.69 Å². The van der Waals surface area contributed by atoms with Crippen molar-refractivity contribution in [1.82, 2.24) is 4.90 Å². The number of carbonyl (C=O) groups excluding carboxylic acids is 1. The van der Waals surface area contributed by atoms with Gasteiger partial charge in [-0.25, -0.2) is 0 Å². The van der Waals surface area contributed by atoms with E-state index in [1.807, 2.05) is 36.4 Å². The SMILES string of the molecule is Cl.Cl.Nc1ccc(CC(=O)Nc2ccc(CN3CCCCCC3)cc2)cc1. The Hall–Kier alpha value is -1.75. The molecule has 148 valence electrons. The van der Waals surface area contributed by atoms with Crippen molar-refractivity contribution >= 4 is 42.1 Å². The normalized spacial score (nSPS) is 14.4. The van der Waals surface area contributed by atoms with Crippen LogP contribution >= 0.6 is 24.8 Å². The first-order valence-corrected chi connectivity index (χ1v) is 9.14. The van der Waals surface area contributed by atoms with Crippen LogP contribution in [0, 0.1) is 0 Å². The van der Waals surface area contributed by atoms with E-state index in [9.17, 15) is 4.79 Å². The molecule has 2 aromatic carbocycles. The molecule has 1 amide bonds. The van der Waals surface area contributed by atoms with E-state index in [0.29, 0.717) is 12.1 Å². The Labute approximate surface area is 174 Å². The topological polar surface area (TPSA) is 58.4 Å². The molecule has 1 fully saturated rings. The summed E-state index contributed by atoms with van der Waals surface area (Å²) in [6, 6.07) is 15.6. The van der Waals surface area contributed by atoms with Crippen LogP contribution in [0.4, 0.5) is 11.4 Å². The minimum Gasteiger partial charge on any atom is -0.399 e. The molecule has 0 aromatic heterocycles. The molecule has 1 aliphatic rings. The Morgan fingerprint density at radius 3 is 2.00 bits per heavy atom. The van der Waals surface area contributed by atoms with Gasteiger partial charge in [-0.2, -0.15) is 0 Å². The van der Waals surface area contributed by atoms with Gasteiger partial charge in [0, 0.05) is 17.9 Å². The van der Waals surface area contributed by atoms with Crippen molar-refractivity contribution in [2.24, 2.45) is 0 Å². The third-order valence-electron chi connectivity index (χ3n) is 4.69. The molecule has 0 saturated carbocycles. The number of amides is 1. The maximum atomic E-state index is 12.2. The van der Waals surface area contributed by atoms with Gasteiger partial charge in [-0.1, -0.05) is 37.1 Å². The van der Waals surface area contributed by atoms with E-state index in [4.69, 9.17) is 5.73 Å². The molecule has 6 heteroatoms. The van der Waals surface area contributed by atoms with E-state index in [2.05, 4.69) is 22.3 Å². The van der Waals surface area contributed by atoms with Crippen LogP contribution in [0.1, 0.15) is 36.8 Å². The second kappa shape index (κ2) is 11.9. The first kappa shape index (κ1) is 23.3. The first-order chi connectivity index (χ1) is 12.2. The molecule has 2 aromatic rings. The first-order valence-electron chi connectivity index (χ1n) is 9.14. The molecular formula is C21H29Cl2N3O. The zero-order valence-electron chi connectivity index (χ0n) is 15.5. The molecule has 0 radical (unpaired) electrons. The lowest BCUT2D eigenvalue weighted by atomic mass is 10.1. The standard InChI is InChI=1S/C21H27N3O.2ClH/c22-19-9-5-17(6-10-19)15-21(25)23-20-11-7-18(8-12-20)16-24-13-3-1-2-4-14-24;;/h5-12H,1-4,13-16,22H2,(H,23,25);2*1H. The lowest BCUT2D eigenvalue weighted by Gasteiger charge is -2.19. The summed E-state index contributed by atoms with van der Waals surface area (Å²) in [6.07, 6.45) is 5.68. The number of nitrogens with two attached hydrogens (primary N) is 1. The van der Waals surface area contributed by atoms with Crippen LogP contribution in [-0.4, -0.2) is 23.9 Å². The van der Waals surface area contributed by atoms with Crippen LogP contribution in [0.15, 0.2) is 48.5 Å². The summed E-state index contributed by atoms with van der Waals surface area (Å²) < 4.78 is 0. The summed E-state index contributed by atoms with van der Waals surface area (Å²) in [4.78, 5) is 14.7. The second-order valence-corrected chi connectivity index (χ2v) is 6.85. The van der Waals surface area contributed by atoms with Crippen molar-refractivity contribution in [2.75, 3.05) is 24.1 Å². The molecule has 1 saturated heterocycles. The van der Waals surface area contributed by atoms with Gasteiger partial charge < -0.3 is 11.1 Å². The number of nitrogen functional groups attached to an aromatic ring is 1. The lowest BCUT2D eigenvalue weighted by molar-refractivity contribution is -0.115. The van der Waals surface area contributed by atoms with Gasteiger partial charge in [-0.15, -0.1) is 24.8 Å². The van der Waals surface area contributed by atoms with Crippen molar-refractivity contribution in [3.8, 4) is 0 Å². The van der Waals surface area contributed by atoms with Crippen LogP contribution in [0.2, 0.25) is 0 Å². The predicted octanol–water partition coefficient (Wildman–Crippen LogP) is 4.67. The average molecular weight is 410 g/mol. The molecule has 0 unspecified atom stereocenters. The van der Waals surface area contributed by atoms with Gasteiger partial charge in [0.05, 0.1) is 6.42 Å². The van der Waals surface area contributed by atoms with Crippen LogP contribution in [0.3, 0.4) is 0 Å². The van der Waals surface area contributed by atoms with E-state index < -0.39 is 0 Å². The molecule has 1 aliphatic heterocycles. The number of hydrogen-bond donors (Lipinski definition) is 2. The van der Waals surface area contributed by atoms with Crippen molar-refractivity contribution < 1.29 is 4.79 Å². The minimum absolute atomic E-state index is 0. The number of hydrogen-bond acceptors (Lipinski definition) is 3. The van der Waals surface area contributed by atoms with E-state index >= 15 is 0 Å². The number of likely N-dealkylation sites (tertiary alicyclic amines) is 1. The Kier molecular flexibility index (Phi) is 10.2. The van der Waals surface area contributed by atoms with Crippen LogP contribution in [-0.2, 0) is 17.8 Å². The largest absolute Gasteiger partial charge is 0.399 e. The average Bonchev–Trinajstić information content (AvgIpc) is 2.87. The summed E-state index contributed by atoms with van der Waals surface area (Å²) in [5.41, 5.74) is 9.49. The fourth-order valence-electron chi connectivity index (χ4n) is 3.27. The van der Waals surface area contributed by atoms with Crippen molar-refractivity contribution in [2.45, 2.75) is 38.6 Å². The Bertz CT molecular complexity index is 682. The van der Waals surface area contributed by atoms with E-state index in [1.165, 1.54) is 44.3 Å². The molecule has 0 atom stereocenters. The Morgan fingerprint density at radius 1 is 0.852 bits per heavy atom. The number of benzene rings is 2. The van der Waals surface area contributed by atoms with E-state index in [1.54, 1.807) is 0 Å². The van der Waals surface area contributed by atoms with Crippen molar-refractivity contribution in [3.05, 3.63) is 59.7 Å². The highest BCUT2D eigenvalue weighted by atomic mass is 35.5.